The molecule has 0 radical (unpaired) electrons. The zero-order chi connectivity index (χ0) is 14.0. The molecule has 18 heavy (non-hydrogen) atoms. The molecule has 0 saturated heterocycles. The predicted octanol–water partition coefficient (Wildman–Crippen LogP) is 0.0225. The van der Waals surface area contributed by atoms with Crippen molar-refractivity contribution in [3.63, 3.8) is 0 Å². The lowest BCUT2D eigenvalue weighted by Gasteiger charge is -2.16. The Bertz CT molecular complexity index is 256. The number of hydrogen-bond acceptors (Lipinski definition) is 5. The Morgan fingerprint density at radius 1 is 1.28 bits per heavy atom. The molecule has 0 aliphatic rings. The lowest BCUT2D eigenvalue weighted by molar-refractivity contribution is -0.148. The molecule has 0 aromatic rings. The van der Waals surface area contributed by atoms with E-state index in [0.717, 1.165) is 6.42 Å². The summed E-state index contributed by atoms with van der Waals surface area (Å²) in [4.78, 5) is 24.4. The maximum absolute atomic E-state index is 11.5. The number of nitrogens with one attached hydrogen (secondary N) is 1. The van der Waals surface area contributed by atoms with Gasteiger partial charge in [0.2, 0.25) is 5.91 Å². The first kappa shape index (κ1) is 16.9. The number of rotatable bonds is 9. The molecule has 1 amide bonds. The average Bonchev–Trinajstić information content (AvgIpc) is 2.22. The number of amides is 1. The lowest BCUT2D eigenvalue weighted by Crippen LogP contribution is -2.38. The van der Waals surface area contributed by atoms with Crippen molar-refractivity contribution in [1.29, 1.82) is 0 Å². The number of carbonyl (C=O) groups excluding carboxylic acids is 2. The smallest absolute Gasteiger partial charge is 0.320 e. The molecule has 0 aromatic heterocycles. The van der Waals surface area contributed by atoms with Gasteiger partial charge >= 0.3 is 5.97 Å². The van der Waals surface area contributed by atoms with Crippen molar-refractivity contribution in [3.05, 3.63) is 0 Å². The third-order valence-corrected chi connectivity index (χ3v) is 2.03. The van der Waals surface area contributed by atoms with Crippen LogP contribution in [0.3, 0.4) is 0 Å². The third-order valence-electron chi connectivity index (χ3n) is 2.03. The van der Waals surface area contributed by atoms with Gasteiger partial charge in [0.05, 0.1) is 19.2 Å². The standard InChI is InChI=1S/C12H24N2O4/c1-10(2)18-12(16)9-14(3)8-11(15)13-6-5-7-17-4/h10H,5-9H2,1-4H3,(H,13,15). The van der Waals surface area contributed by atoms with Gasteiger partial charge in [0.25, 0.3) is 0 Å². The van der Waals surface area contributed by atoms with Gasteiger partial charge in [-0.05, 0) is 27.3 Å². The van der Waals surface area contributed by atoms with Crippen molar-refractivity contribution in [2.75, 3.05) is 40.4 Å². The molecule has 6 nitrogen and oxygen atoms in total. The van der Waals surface area contributed by atoms with Crippen LogP contribution in [0.5, 0.6) is 0 Å². The summed E-state index contributed by atoms with van der Waals surface area (Å²) in [6.07, 6.45) is 0.648. The highest BCUT2D eigenvalue weighted by molar-refractivity contribution is 5.79. The van der Waals surface area contributed by atoms with Gasteiger partial charge in [-0.3, -0.25) is 14.5 Å². The van der Waals surface area contributed by atoms with Crippen molar-refractivity contribution in [1.82, 2.24) is 10.2 Å². The molecule has 0 bridgehead atoms. The van der Waals surface area contributed by atoms with E-state index in [-0.39, 0.29) is 31.1 Å². The van der Waals surface area contributed by atoms with Gasteiger partial charge < -0.3 is 14.8 Å². The Labute approximate surface area is 109 Å². The summed E-state index contributed by atoms with van der Waals surface area (Å²) in [5, 5.41) is 2.75. The molecular weight excluding hydrogens is 236 g/mol. The second-order valence-electron chi connectivity index (χ2n) is 4.41. The minimum atomic E-state index is -0.320. The number of ether oxygens (including phenoxy) is 2. The number of nitrogens with zero attached hydrogens (tertiary/aromatic N) is 1. The molecule has 0 heterocycles. The molecule has 0 aliphatic carbocycles. The van der Waals surface area contributed by atoms with E-state index in [4.69, 9.17) is 9.47 Å². The monoisotopic (exact) mass is 260 g/mol. The van der Waals surface area contributed by atoms with Gasteiger partial charge in [-0.15, -0.1) is 0 Å². The van der Waals surface area contributed by atoms with Gasteiger partial charge in [-0.2, -0.15) is 0 Å². The van der Waals surface area contributed by atoms with E-state index in [2.05, 4.69) is 5.32 Å². The molecule has 1 N–H and O–H groups in total. The normalized spacial score (nSPS) is 10.8. The molecular formula is C12H24N2O4. The van der Waals surface area contributed by atoms with Crippen LogP contribution in [0, 0.1) is 0 Å². The third kappa shape index (κ3) is 10.0. The zero-order valence-corrected chi connectivity index (χ0v) is 11.7. The van der Waals surface area contributed by atoms with Gasteiger partial charge in [0, 0.05) is 20.3 Å². The molecule has 0 unspecified atom stereocenters. The summed E-state index contributed by atoms with van der Waals surface area (Å²) >= 11 is 0. The molecule has 0 aromatic carbocycles. The van der Waals surface area contributed by atoms with Crippen molar-refractivity contribution >= 4 is 11.9 Å². The Morgan fingerprint density at radius 3 is 2.50 bits per heavy atom. The van der Waals surface area contributed by atoms with Gasteiger partial charge in [-0.1, -0.05) is 0 Å². The fraction of sp³-hybridized carbons (Fsp3) is 0.833. The van der Waals surface area contributed by atoms with Crippen molar-refractivity contribution in [3.8, 4) is 0 Å². The second kappa shape index (κ2) is 9.85. The van der Waals surface area contributed by atoms with Crippen LogP contribution in [0.2, 0.25) is 0 Å². The largest absolute Gasteiger partial charge is 0.462 e. The molecule has 0 rings (SSSR count). The second-order valence-corrected chi connectivity index (χ2v) is 4.41. The molecule has 6 heteroatoms. The Balaban J connectivity index is 3.69. The van der Waals surface area contributed by atoms with Crippen LogP contribution in [-0.2, 0) is 19.1 Å². The lowest BCUT2D eigenvalue weighted by atomic mass is 10.4. The van der Waals surface area contributed by atoms with Crippen molar-refractivity contribution in [2.24, 2.45) is 0 Å². The minimum Gasteiger partial charge on any atom is -0.462 e. The van der Waals surface area contributed by atoms with Crippen LogP contribution < -0.4 is 5.32 Å². The topological polar surface area (TPSA) is 67.9 Å². The first-order chi connectivity index (χ1) is 8.45. The fourth-order valence-electron chi connectivity index (χ4n) is 1.32. The van der Waals surface area contributed by atoms with Crippen LogP contribution in [0.15, 0.2) is 0 Å². The highest BCUT2D eigenvalue weighted by atomic mass is 16.5. The Kier molecular flexibility index (Phi) is 9.22. The van der Waals surface area contributed by atoms with Crippen LogP contribution in [0.4, 0.5) is 0 Å². The maximum Gasteiger partial charge on any atom is 0.320 e. The van der Waals surface area contributed by atoms with Crippen LogP contribution in [0.1, 0.15) is 20.3 Å². The van der Waals surface area contributed by atoms with E-state index in [0.29, 0.717) is 13.2 Å². The quantitative estimate of drug-likeness (QED) is 0.468. The minimum absolute atomic E-state index is 0.106. The summed E-state index contributed by atoms with van der Waals surface area (Å²) in [6, 6.07) is 0. The van der Waals surface area contributed by atoms with E-state index < -0.39 is 0 Å². The SMILES string of the molecule is COCCCNC(=O)CN(C)CC(=O)OC(C)C. The predicted molar refractivity (Wildman–Crippen MR) is 68.2 cm³/mol. The van der Waals surface area contributed by atoms with E-state index in [1.54, 1.807) is 32.9 Å². The van der Waals surface area contributed by atoms with Crippen LogP contribution >= 0.6 is 0 Å². The number of esters is 1. The Morgan fingerprint density at radius 2 is 1.94 bits per heavy atom. The Hall–Kier alpha value is -1.14. The first-order valence-corrected chi connectivity index (χ1v) is 6.09. The number of carbonyl (C=O) groups is 2. The van der Waals surface area contributed by atoms with Crippen molar-refractivity contribution in [2.45, 2.75) is 26.4 Å². The molecule has 0 saturated carbocycles. The highest BCUT2D eigenvalue weighted by Crippen LogP contribution is 1.91. The maximum atomic E-state index is 11.5. The van der Waals surface area contributed by atoms with Crippen molar-refractivity contribution < 1.29 is 19.1 Å². The molecule has 0 fully saturated rings. The zero-order valence-electron chi connectivity index (χ0n) is 11.7. The summed E-state index contributed by atoms with van der Waals surface area (Å²) in [5.41, 5.74) is 0. The van der Waals surface area contributed by atoms with Crippen LogP contribution in [-0.4, -0.2) is 63.3 Å². The van der Waals surface area contributed by atoms with Gasteiger partial charge in [-0.25, -0.2) is 0 Å². The van der Waals surface area contributed by atoms with Gasteiger partial charge in [0.15, 0.2) is 0 Å². The average molecular weight is 260 g/mol. The molecule has 106 valence electrons. The van der Waals surface area contributed by atoms with E-state index in [1.807, 2.05) is 0 Å². The summed E-state index contributed by atoms with van der Waals surface area (Å²) in [5.74, 6) is -0.425. The first-order valence-electron chi connectivity index (χ1n) is 6.09. The number of hydrogen-bond donors (Lipinski definition) is 1. The van der Waals surface area contributed by atoms with Crippen LogP contribution in [0.25, 0.3) is 0 Å². The molecule has 0 aliphatic heterocycles. The summed E-state index contributed by atoms with van der Waals surface area (Å²) in [7, 11) is 3.33. The van der Waals surface area contributed by atoms with E-state index >= 15 is 0 Å². The van der Waals surface area contributed by atoms with E-state index in [1.165, 1.54) is 0 Å². The fourth-order valence-corrected chi connectivity index (χ4v) is 1.32. The van der Waals surface area contributed by atoms with E-state index in [9.17, 15) is 9.59 Å². The highest BCUT2D eigenvalue weighted by Gasteiger charge is 2.12. The van der Waals surface area contributed by atoms with Gasteiger partial charge in [0.1, 0.15) is 0 Å². The molecule has 0 spiro atoms. The molecule has 0 atom stereocenters. The number of methoxy groups -OCH3 is 1. The summed E-state index contributed by atoms with van der Waals surface area (Å²) in [6.45, 7) is 5.08. The number of likely N-dealkylation sites (N-methyl/N-ethyl adjacent to an activating group) is 1. The summed E-state index contributed by atoms with van der Waals surface area (Å²) < 4.78 is 9.86.